The van der Waals surface area contributed by atoms with Gasteiger partial charge in [-0.3, -0.25) is 4.90 Å². The zero-order valence-electron chi connectivity index (χ0n) is 30.6. The predicted molar refractivity (Wildman–Crippen MR) is 179 cm³/mol. The molecule has 2 saturated heterocycles. The number of fused-ring (bicyclic) bond motifs is 4. The molecule has 7 nitrogen and oxygen atoms in total. The number of aliphatic hydroxyl groups excluding tert-OH is 1. The van der Waals surface area contributed by atoms with E-state index in [0.29, 0.717) is 41.1 Å². The van der Waals surface area contributed by atoms with E-state index in [1.54, 1.807) is 0 Å². The molecule has 0 bridgehead atoms. The fourth-order valence-electron chi connectivity index (χ4n) is 14.1. The first kappa shape index (κ1) is 34.2. The number of hydrogen-bond acceptors (Lipinski definition) is 7. The summed E-state index contributed by atoms with van der Waals surface area (Å²) >= 11 is 0. The average Bonchev–Trinajstić information content (AvgIpc) is 3.62. The second-order valence-corrected chi connectivity index (χ2v) is 18.8. The lowest BCUT2D eigenvalue weighted by Gasteiger charge is -2.64. The molecule has 5 saturated carbocycles. The average molecular weight is 646 g/mol. The van der Waals surface area contributed by atoms with E-state index in [-0.39, 0.29) is 40.8 Å². The summed E-state index contributed by atoms with van der Waals surface area (Å²) in [5.74, 6) is 1.88. The molecule has 0 unspecified atom stereocenters. The highest BCUT2D eigenvalue weighted by Gasteiger charge is 2.84. The third kappa shape index (κ3) is 4.60. The zero-order chi connectivity index (χ0) is 33.1. The van der Waals surface area contributed by atoms with Crippen LogP contribution < -0.4 is 0 Å². The second kappa shape index (κ2) is 11.4. The predicted octanol–water partition coefficient (Wildman–Crippen LogP) is 6.43. The lowest BCUT2D eigenvalue weighted by molar-refractivity contribution is -0.248. The molecule has 7 rings (SSSR count). The van der Waals surface area contributed by atoms with E-state index in [0.717, 1.165) is 39.1 Å². The molecular formula is C39H67NO6. The minimum absolute atomic E-state index is 0.0301. The minimum Gasteiger partial charge on any atom is -0.390 e. The van der Waals surface area contributed by atoms with Crippen LogP contribution in [0.2, 0.25) is 0 Å². The molecule has 0 aromatic carbocycles. The number of rotatable bonds is 8. The Labute approximate surface area is 279 Å². The van der Waals surface area contributed by atoms with Crippen LogP contribution in [0.1, 0.15) is 120 Å². The molecule has 0 aromatic rings. The molecule has 2 aliphatic heterocycles. The summed E-state index contributed by atoms with van der Waals surface area (Å²) in [5.41, 5.74) is -0.373. The first-order valence-corrected chi connectivity index (χ1v) is 19.3. The van der Waals surface area contributed by atoms with Crippen molar-refractivity contribution in [1.82, 2.24) is 4.90 Å². The minimum atomic E-state index is -1.01. The summed E-state index contributed by atoms with van der Waals surface area (Å²) in [6, 6.07) is 0. The summed E-state index contributed by atoms with van der Waals surface area (Å²) in [6.07, 6.45) is 9.40. The Balaban J connectivity index is 1.13. The molecule has 264 valence electrons. The number of hydrogen-bond donors (Lipinski definition) is 2. The zero-order valence-corrected chi connectivity index (χ0v) is 30.6. The highest BCUT2D eigenvalue weighted by Crippen LogP contribution is 2.89. The van der Waals surface area contributed by atoms with Crippen LogP contribution in [0.4, 0.5) is 0 Å². The summed E-state index contributed by atoms with van der Waals surface area (Å²) in [7, 11) is 0. The Hall–Kier alpha value is -0.280. The monoisotopic (exact) mass is 645 g/mol. The van der Waals surface area contributed by atoms with Crippen LogP contribution in [0.3, 0.4) is 0 Å². The van der Waals surface area contributed by atoms with E-state index in [4.69, 9.17) is 18.9 Å². The summed E-state index contributed by atoms with van der Waals surface area (Å²) in [4.78, 5) is 2.51. The van der Waals surface area contributed by atoms with Crippen molar-refractivity contribution in [2.24, 2.45) is 50.7 Å². The molecule has 2 spiro atoms. The third-order valence-corrected chi connectivity index (χ3v) is 16.1. The van der Waals surface area contributed by atoms with Gasteiger partial charge < -0.3 is 29.2 Å². The van der Waals surface area contributed by atoms with Crippen LogP contribution in [0.5, 0.6) is 0 Å². The van der Waals surface area contributed by atoms with Gasteiger partial charge in [-0.2, -0.15) is 0 Å². The maximum atomic E-state index is 12.6. The first-order valence-electron chi connectivity index (χ1n) is 19.3. The normalized spacial score (nSPS) is 52.1. The van der Waals surface area contributed by atoms with Gasteiger partial charge in [0.1, 0.15) is 6.10 Å². The highest BCUT2D eigenvalue weighted by atomic mass is 16.7. The molecule has 7 fully saturated rings. The summed E-state index contributed by atoms with van der Waals surface area (Å²) in [6.45, 7) is 24.6. The molecule has 0 radical (unpaired) electrons. The Morgan fingerprint density at radius 3 is 2.41 bits per heavy atom. The van der Waals surface area contributed by atoms with Crippen molar-refractivity contribution in [3.8, 4) is 0 Å². The molecule has 5 aliphatic carbocycles. The van der Waals surface area contributed by atoms with Crippen molar-refractivity contribution < 1.29 is 29.2 Å². The van der Waals surface area contributed by atoms with Gasteiger partial charge in [-0.1, -0.05) is 41.5 Å². The molecule has 0 aromatic heterocycles. The van der Waals surface area contributed by atoms with E-state index < -0.39 is 17.8 Å². The van der Waals surface area contributed by atoms with Gasteiger partial charge in [0.25, 0.3) is 0 Å². The Morgan fingerprint density at radius 1 is 1.00 bits per heavy atom. The van der Waals surface area contributed by atoms with Gasteiger partial charge in [-0.05, 0) is 130 Å². The van der Waals surface area contributed by atoms with Crippen LogP contribution in [0.25, 0.3) is 0 Å². The quantitative estimate of drug-likeness (QED) is 0.315. The van der Waals surface area contributed by atoms with E-state index in [1.165, 1.54) is 44.9 Å². The molecule has 0 amide bonds. The van der Waals surface area contributed by atoms with Crippen LogP contribution in [0.15, 0.2) is 0 Å². The van der Waals surface area contributed by atoms with Crippen molar-refractivity contribution >= 4 is 0 Å². The Kier molecular flexibility index (Phi) is 8.45. The van der Waals surface area contributed by atoms with Gasteiger partial charge in [-0.25, -0.2) is 0 Å². The Bertz CT molecular complexity index is 1140. The molecular weight excluding hydrogens is 578 g/mol. The van der Waals surface area contributed by atoms with Crippen LogP contribution in [-0.4, -0.2) is 90.4 Å². The van der Waals surface area contributed by atoms with Gasteiger partial charge in [0.05, 0.1) is 36.6 Å². The van der Waals surface area contributed by atoms with Crippen molar-refractivity contribution in [2.45, 2.75) is 163 Å². The fourth-order valence-corrected chi connectivity index (χ4v) is 14.1. The molecule has 2 heterocycles. The van der Waals surface area contributed by atoms with Gasteiger partial charge >= 0.3 is 0 Å². The number of nitrogens with zero attached hydrogens (tertiary/aromatic N) is 1. The lowest BCUT2D eigenvalue weighted by Crippen LogP contribution is -2.60. The molecule has 7 aliphatic rings. The largest absolute Gasteiger partial charge is 0.390 e. The fraction of sp³-hybridized carbons (Fsp3) is 1.00. The van der Waals surface area contributed by atoms with E-state index in [2.05, 4.69) is 46.4 Å². The van der Waals surface area contributed by atoms with E-state index >= 15 is 0 Å². The first-order chi connectivity index (χ1) is 21.6. The van der Waals surface area contributed by atoms with Crippen molar-refractivity contribution in [1.29, 1.82) is 0 Å². The number of ether oxygens (including phenoxy) is 4. The van der Waals surface area contributed by atoms with Crippen LogP contribution in [0, 0.1) is 50.7 Å². The van der Waals surface area contributed by atoms with E-state index in [1.807, 2.05) is 20.8 Å². The summed E-state index contributed by atoms with van der Waals surface area (Å²) in [5, 5.41) is 23.6. The topological polar surface area (TPSA) is 80.6 Å². The Morgan fingerprint density at radius 2 is 1.72 bits per heavy atom. The van der Waals surface area contributed by atoms with Gasteiger partial charge in [0.15, 0.2) is 6.29 Å². The SMILES string of the molecule is CCCN1CCO[C@@H](O[C@H]2CC[C@]34C[C@]35CC[C@]3(C)[C@@H]6[C@H](O[C@@H]([C@H](OCC)C(C)(C)O)C[C@H]6C)[C@H](O)[C@@]3(C)[C@@H]5CC[C@H]4C2(C)C)C1. The molecule has 46 heavy (non-hydrogen) atoms. The lowest BCUT2D eigenvalue weighted by atomic mass is 9.41. The molecule has 14 atom stereocenters. The standard InChI is InChI=1S/C39H67NO6/c1-10-18-40-19-20-44-29(22-40)46-28-14-15-38-23-39(38)17-16-36(8)30-24(3)21-25(33(43-11-2)35(6,7)42)45-31(30)32(41)37(36,9)27(39)13-12-26(38)34(28,4)5/h24-33,41-42H,10-23H2,1-9H3/t24-,25-,26+,27+,28+,29+,30+,31+,32+,33+,36-,37-,38-,39+/m1/s1. The maximum absolute atomic E-state index is 12.6. The van der Waals surface area contributed by atoms with Crippen LogP contribution in [-0.2, 0) is 18.9 Å². The number of morpholine rings is 1. The second-order valence-electron chi connectivity index (χ2n) is 18.8. The van der Waals surface area contributed by atoms with Gasteiger partial charge in [0, 0.05) is 25.1 Å². The summed E-state index contributed by atoms with van der Waals surface area (Å²) < 4.78 is 26.2. The highest BCUT2D eigenvalue weighted by molar-refractivity contribution is 5.33. The van der Waals surface area contributed by atoms with Gasteiger partial charge in [0.2, 0.25) is 0 Å². The number of aliphatic hydroxyl groups is 2. The van der Waals surface area contributed by atoms with Crippen LogP contribution >= 0.6 is 0 Å². The van der Waals surface area contributed by atoms with Crippen molar-refractivity contribution in [3.05, 3.63) is 0 Å². The maximum Gasteiger partial charge on any atom is 0.170 e. The molecule has 7 heteroatoms. The van der Waals surface area contributed by atoms with Gasteiger partial charge in [-0.15, -0.1) is 0 Å². The van der Waals surface area contributed by atoms with Crippen molar-refractivity contribution in [2.75, 3.05) is 32.8 Å². The van der Waals surface area contributed by atoms with E-state index in [9.17, 15) is 10.2 Å². The van der Waals surface area contributed by atoms with Crippen molar-refractivity contribution in [3.63, 3.8) is 0 Å². The smallest absolute Gasteiger partial charge is 0.170 e. The molecule has 2 N–H and O–H groups in total. The third-order valence-electron chi connectivity index (χ3n) is 16.1.